The van der Waals surface area contributed by atoms with E-state index in [1.54, 1.807) is 18.9 Å². The Labute approximate surface area is 172 Å². The zero-order chi connectivity index (χ0) is 19.9. The lowest BCUT2D eigenvalue weighted by Gasteiger charge is -2.25. The van der Waals surface area contributed by atoms with Crippen molar-refractivity contribution in [1.82, 2.24) is 10.2 Å². The highest BCUT2D eigenvalue weighted by Gasteiger charge is 2.29. The van der Waals surface area contributed by atoms with Crippen molar-refractivity contribution in [2.45, 2.75) is 44.2 Å². The third-order valence-electron chi connectivity index (χ3n) is 5.21. The molecule has 0 fully saturated rings. The summed E-state index contributed by atoms with van der Waals surface area (Å²) >= 11 is 1.73. The van der Waals surface area contributed by atoms with E-state index in [0.717, 1.165) is 23.7 Å². The van der Waals surface area contributed by atoms with Gasteiger partial charge in [-0.15, -0.1) is 11.8 Å². The summed E-state index contributed by atoms with van der Waals surface area (Å²) in [6.45, 7) is 6.94. The normalized spacial score (nSPS) is 16.0. The highest BCUT2D eigenvalue weighted by Crippen LogP contribution is 2.33. The van der Waals surface area contributed by atoms with Crippen molar-refractivity contribution < 1.29 is 9.53 Å². The molecule has 0 aromatic heterocycles. The molecule has 28 heavy (non-hydrogen) atoms. The van der Waals surface area contributed by atoms with Crippen LogP contribution < -0.4 is 10.1 Å². The molecule has 0 spiro atoms. The fourth-order valence-electron chi connectivity index (χ4n) is 3.77. The van der Waals surface area contributed by atoms with Crippen LogP contribution in [0, 0.1) is 0 Å². The number of hydrogen-bond acceptors (Lipinski definition) is 4. The SMILES string of the molecule is CCCCN1Cc2ccccc2[C@H]1CNC(=O)c1cc(SCC)ccc1OC. The van der Waals surface area contributed by atoms with Crippen LogP contribution in [-0.4, -0.2) is 36.8 Å². The van der Waals surface area contributed by atoms with Crippen LogP contribution >= 0.6 is 11.8 Å². The Morgan fingerprint density at radius 1 is 1.25 bits per heavy atom. The van der Waals surface area contributed by atoms with Gasteiger partial charge in [-0.2, -0.15) is 0 Å². The van der Waals surface area contributed by atoms with Crippen molar-refractivity contribution >= 4 is 17.7 Å². The van der Waals surface area contributed by atoms with E-state index in [0.29, 0.717) is 17.9 Å². The molecule has 5 heteroatoms. The number of methoxy groups -OCH3 is 1. The molecule has 150 valence electrons. The second-order valence-electron chi connectivity index (χ2n) is 7.04. The Balaban J connectivity index is 1.74. The topological polar surface area (TPSA) is 41.6 Å². The standard InChI is InChI=1S/C23H30N2O2S/c1-4-6-13-25-16-17-9-7-8-10-19(17)21(25)15-24-23(26)20-14-18(28-5-2)11-12-22(20)27-3/h7-12,14,21H,4-6,13,15-16H2,1-3H3,(H,24,26)/t21-/m1/s1. The zero-order valence-corrected chi connectivity index (χ0v) is 17.8. The summed E-state index contributed by atoms with van der Waals surface area (Å²) in [4.78, 5) is 16.5. The molecule has 0 saturated carbocycles. The van der Waals surface area contributed by atoms with E-state index >= 15 is 0 Å². The van der Waals surface area contributed by atoms with Crippen LogP contribution in [0.25, 0.3) is 0 Å². The van der Waals surface area contributed by atoms with Crippen LogP contribution in [0.5, 0.6) is 5.75 Å². The van der Waals surface area contributed by atoms with Crippen molar-refractivity contribution in [3.63, 3.8) is 0 Å². The Hall–Kier alpha value is -1.98. The summed E-state index contributed by atoms with van der Waals surface area (Å²) in [6, 6.07) is 14.6. The summed E-state index contributed by atoms with van der Waals surface area (Å²) in [5, 5.41) is 3.16. The molecule has 1 N–H and O–H groups in total. The van der Waals surface area contributed by atoms with E-state index in [1.165, 1.54) is 24.0 Å². The van der Waals surface area contributed by atoms with Gasteiger partial charge in [0.05, 0.1) is 18.7 Å². The minimum absolute atomic E-state index is 0.0739. The van der Waals surface area contributed by atoms with Crippen molar-refractivity contribution in [1.29, 1.82) is 0 Å². The van der Waals surface area contributed by atoms with Crippen LogP contribution in [0.15, 0.2) is 47.4 Å². The Bertz CT molecular complexity index is 809. The van der Waals surface area contributed by atoms with Gasteiger partial charge in [-0.3, -0.25) is 9.69 Å². The third-order valence-corrected chi connectivity index (χ3v) is 6.09. The monoisotopic (exact) mass is 398 g/mol. The molecule has 0 radical (unpaired) electrons. The first-order valence-electron chi connectivity index (χ1n) is 10.1. The second-order valence-corrected chi connectivity index (χ2v) is 8.38. The van der Waals surface area contributed by atoms with Gasteiger partial charge in [0.2, 0.25) is 0 Å². The number of ether oxygens (including phenoxy) is 1. The van der Waals surface area contributed by atoms with Gasteiger partial charge < -0.3 is 10.1 Å². The number of unbranched alkanes of at least 4 members (excludes halogenated alkanes) is 1. The molecule has 2 aromatic rings. The molecule has 1 heterocycles. The zero-order valence-electron chi connectivity index (χ0n) is 17.0. The van der Waals surface area contributed by atoms with Gasteiger partial charge in [0, 0.05) is 18.0 Å². The average molecular weight is 399 g/mol. The van der Waals surface area contributed by atoms with E-state index in [2.05, 4.69) is 48.3 Å². The maximum absolute atomic E-state index is 13.0. The highest BCUT2D eigenvalue weighted by molar-refractivity contribution is 7.99. The molecule has 4 nitrogen and oxygen atoms in total. The molecule has 1 atom stereocenters. The van der Waals surface area contributed by atoms with Crippen LogP contribution in [0.3, 0.4) is 0 Å². The van der Waals surface area contributed by atoms with Gasteiger partial charge in [0.25, 0.3) is 5.91 Å². The van der Waals surface area contributed by atoms with Gasteiger partial charge in [-0.25, -0.2) is 0 Å². The minimum atomic E-state index is -0.0739. The number of hydrogen-bond donors (Lipinski definition) is 1. The Kier molecular flexibility index (Phi) is 7.40. The first-order chi connectivity index (χ1) is 13.7. The van der Waals surface area contributed by atoms with E-state index < -0.39 is 0 Å². The lowest BCUT2D eigenvalue weighted by molar-refractivity contribution is 0.0932. The predicted molar refractivity (Wildman–Crippen MR) is 116 cm³/mol. The van der Waals surface area contributed by atoms with Gasteiger partial charge in [-0.1, -0.05) is 44.5 Å². The largest absolute Gasteiger partial charge is 0.496 e. The fraction of sp³-hybridized carbons (Fsp3) is 0.435. The van der Waals surface area contributed by atoms with Crippen LogP contribution in [0.2, 0.25) is 0 Å². The highest BCUT2D eigenvalue weighted by atomic mass is 32.2. The van der Waals surface area contributed by atoms with Gasteiger partial charge in [-0.05, 0) is 48.0 Å². The number of thioether (sulfide) groups is 1. The first-order valence-corrected chi connectivity index (χ1v) is 11.1. The number of nitrogens with one attached hydrogen (secondary N) is 1. The summed E-state index contributed by atoms with van der Waals surface area (Å²) in [7, 11) is 1.61. The summed E-state index contributed by atoms with van der Waals surface area (Å²) < 4.78 is 5.42. The second kappa shape index (κ2) is 9.99. The number of nitrogens with zero attached hydrogens (tertiary/aromatic N) is 1. The molecule has 1 amide bonds. The van der Waals surface area contributed by atoms with E-state index in [-0.39, 0.29) is 11.9 Å². The number of rotatable bonds is 9. The average Bonchev–Trinajstić information content (AvgIpc) is 3.08. The van der Waals surface area contributed by atoms with Crippen LogP contribution in [0.4, 0.5) is 0 Å². The van der Waals surface area contributed by atoms with Crippen LogP contribution in [0.1, 0.15) is 54.2 Å². The van der Waals surface area contributed by atoms with E-state index in [9.17, 15) is 4.79 Å². The molecule has 0 aliphatic carbocycles. The third kappa shape index (κ3) is 4.70. The predicted octanol–water partition coefficient (Wildman–Crippen LogP) is 4.89. The minimum Gasteiger partial charge on any atom is -0.496 e. The van der Waals surface area contributed by atoms with Gasteiger partial charge in [0.15, 0.2) is 0 Å². The van der Waals surface area contributed by atoms with Crippen molar-refractivity contribution in [3.8, 4) is 5.75 Å². The molecular weight excluding hydrogens is 368 g/mol. The Morgan fingerprint density at radius 3 is 2.82 bits per heavy atom. The van der Waals surface area contributed by atoms with Gasteiger partial charge >= 0.3 is 0 Å². The number of carbonyl (C=O) groups is 1. The number of fused-ring (bicyclic) bond motifs is 1. The summed E-state index contributed by atoms with van der Waals surface area (Å²) in [5.74, 6) is 1.52. The lowest BCUT2D eigenvalue weighted by atomic mass is 10.0. The van der Waals surface area contributed by atoms with Gasteiger partial charge in [0.1, 0.15) is 5.75 Å². The molecule has 1 aliphatic rings. The molecule has 0 saturated heterocycles. The Morgan fingerprint density at radius 2 is 2.07 bits per heavy atom. The van der Waals surface area contributed by atoms with Crippen molar-refractivity contribution in [3.05, 3.63) is 59.2 Å². The smallest absolute Gasteiger partial charge is 0.255 e. The quantitative estimate of drug-likeness (QED) is 0.611. The molecule has 1 aliphatic heterocycles. The number of amides is 1. The number of carbonyl (C=O) groups excluding carboxylic acids is 1. The van der Waals surface area contributed by atoms with Crippen molar-refractivity contribution in [2.24, 2.45) is 0 Å². The summed E-state index contributed by atoms with van der Waals surface area (Å²) in [6.07, 6.45) is 2.34. The molecule has 0 unspecified atom stereocenters. The molecule has 3 rings (SSSR count). The van der Waals surface area contributed by atoms with Crippen LogP contribution in [-0.2, 0) is 6.54 Å². The first kappa shape index (κ1) is 20.7. The maximum atomic E-state index is 13.0. The maximum Gasteiger partial charge on any atom is 0.255 e. The summed E-state index contributed by atoms with van der Waals surface area (Å²) in [5.41, 5.74) is 3.31. The number of benzene rings is 2. The lowest BCUT2D eigenvalue weighted by Crippen LogP contribution is -2.35. The van der Waals surface area contributed by atoms with E-state index in [1.807, 2.05) is 18.2 Å². The fourth-order valence-corrected chi connectivity index (χ4v) is 4.47. The molecule has 2 aromatic carbocycles. The van der Waals surface area contributed by atoms with E-state index in [4.69, 9.17) is 4.74 Å². The van der Waals surface area contributed by atoms with Crippen molar-refractivity contribution in [2.75, 3.05) is 26.0 Å². The molecular formula is C23H30N2O2S. The molecule has 0 bridgehead atoms.